The Balaban J connectivity index is 2.18. The summed E-state index contributed by atoms with van der Waals surface area (Å²) in [7, 11) is 0. The van der Waals surface area contributed by atoms with Gasteiger partial charge in [-0.3, -0.25) is 4.99 Å². The van der Waals surface area contributed by atoms with E-state index in [1.54, 1.807) is 0 Å². The van der Waals surface area contributed by atoms with Crippen LogP contribution in [0.5, 0.6) is 5.75 Å². The number of ether oxygens (including phenoxy) is 1. The van der Waals surface area contributed by atoms with Crippen LogP contribution in [-0.4, -0.2) is 36.7 Å². The highest BCUT2D eigenvalue weighted by atomic mass is 16.5. The third kappa shape index (κ3) is 3.34. The molecule has 0 saturated carbocycles. The maximum atomic E-state index is 8.77. The molecule has 1 aliphatic heterocycles. The lowest BCUT2D eigenvalue weighted by Crippen LogP contribution is -2.44. The summed E-state index contributed by atoms with van der Waals surface area (Å²) in [6.07, 6.45) is 8.90. The van der Waals surface area contributed by atoms with Gasteiger partial charge in [-0.05, 0) is 37.6 Å². The molecule has 1 heterocycles. The Kier molecular flexibility index (Phi) is 5.17. The fourth-order valence-electron chi connectivity index (χ4n) is 2.39. The summed E-state index contributed by atoms with van der Waals surface area (Å²) in [5.41, 5.74) is 0.858. The van der Waals surface area contributed by atoms with Gasteiger partial charge in [-0.2, -0.15) is 0 Å². The molecule has 0 bridgehead atoms. The molecule has 112 valence electrons. The van der Waals surface area contributed by atoms with Crippen LogP contribution in [0, 0.1) is 0 Å². The smallest absolute Gasteiger partial charge is 0.119 e. The average molecular weight is 286 g/mol. The van der Waals surface area contributed by atoms with Gasteiger partial charge in [-0.15, -0.1) is 6.58 Å². The minimum absolute atomic E-state index is 0.0173. The molecule has 21 heavy (non-hydrogen) atoms. The van der Waals surface area contributed by atoms with Crippen molar-refractivity contribution in [2.24, 2.45) is 4.99 Å². The predicted octanol–water partition coefficient (Wildman–Crippen LogP) is 2.80. The van der Waals surface area contributed by atoms with Gasteiger partial charge in [-0.25, -0.2) is 0 Å². The second-order valence-electron chi connectivity index (χ2n) is 4.97. The van der Waals surface area contributed by atoms with Gasteiger partial charge in [-0.1, -0.05) is 18.2 Å². The second kappa shape index (κ2) is 7.09. The number of aliphatic hydroxyl groups excluding tert-OH is 1. The lowest BCUT2D eigenvalue weighted by Gasteiger charge is -2.35. The van der Waals surface area contributed by atoms with Crippen molar-refractivity contribution in [3.63, 3.8) is 0 Å². The largest absolute Gasteiger partial charge is 0.491 e. The minimum atomic E-state index is -0.194. The number of rotatable bonds is 7. The molecule has 0 unspecified atom stereocenters. The fourth-order valence-corrected chi connectivity index (χ4v) is 2.39. The van der Waals surface area contributed by atoms with Gasteiger partial charge in [0.25, 0.3) is 0 Å². The number of hydrogen-bond acceptors (Lipinski definition) is 4. The minimum Gasteiger partial charge on any atom is -0.491 e. The lowest BCUT2D eigenvalue weighted by molar-refractivity contribution is 0.201. The summed E-state index contributed by atoms with van der Waals surface area (Å²) in [6, 6.07) is 7.80. The van der Waals surface area contributed by atoms with Crippen molar-refractivity contribution in [2.75, 3.05) is 24.7 Å². The summed E-state index contributed by atoms with van der Waals surface area (Å²) >= 11 is 0. The molecule has 4 heteroatoms. The van der Waals surface area contributed by atoms with E-state index in [0.717, 1.165) is 17.9 Å². The third-order valence-electron chi connectivity index (χ3n) is 3.60. The highest BCUT2D eigenvalue weighted by Gasteiger charge is 2.35. The molecule has 1 aliphatic rings. The summed E-state index contributed by atoms with van der Waals surface area (Å²) < 4.78 is 5.38. The summed E-state index contributed by atoms with van der Waals surface area (Å²) in [4.78, 5) is 6.57. The number of nitrogens with zero attached hydrogens (tertiary/aromatic N) is 2. The van der Waals surface area contributed by atoms with Crippen molar-refractivity contribution in [1.29, 1.82) is 0 Å². The molecule has 0 spiro atoms. The zero-order chi connectivity index (χ0) is 15.1. The summed E-state index contributed by atoms with van der Waals surface area (Å²) in [6.45, 7) is 7.05. The first-order valence-corrected chi connectivity index (χ1v) is 7.13. The number of allylic oxidation sites excluding steroid dienone is 1. The summed E-state index contributed by atoms with van der Waals surface area (Å²) in [5, 5.41) is 8.77. The predicted molar refractivity (Wildman–Crippen MR) is 87.2 cm³/mol. The van der Waals surface area contributed by atoms with Gasteiger partial charge in [0, 0.05) is 5.69 Å². The standard InChI is InChI=1S/C17H22N2O2/c1-3-5-10-17(4-2)13-18-14-19(17)15-6-8-16(9-7-15)21-12-11-20/h3-9,14,20H,2,10-13H2,1H3/b5-3-/t17-/m0/s1. The zero-order valence-electron chi connectivity index (χ0n) is 12.4. The zero-order valence-corrected chi connectivity index (χ0v) is 12.4. The molecule has 1 atom stereocenters. The van der Waals surface area contributed by atoms with Crippen molar-refractivity contribution in [3.05, 3.63) is 49.1 Å². The van der Waals surface area contributed by atoms with E-state index in [1.807, 2.05) is 49.7 Å². The van der Waals surface area contributed by atoms with E-state index in [1.165, 1.54) is 0 Å². The van der Waals surface area contributed by atoms with Gasteiger partial charge in [0.05, 0.1) is 25.0 Å². The first-order valence-electron chi connectivity index (χ1n) is 7.13. The van der Waals surface area contributed by atoms with E-state index in [0.29, 0.717) is 13.2 Å². The van der Waals surface area contributed by atoms with E-state index in [9.17, 15) is 0 Å². The van der Waals surface area contributed by atoms with Crippen molar-refractivity contribution in [3.8, 4) is 5.75 Å². The number of aliphatic imine (C=N–C) groups is 1. The van der Waals surface area contributed by atoms with Gasteiger partial charge in [0.1, 0.15) is 12.4 Å². The van der Waals surface area contributed by atoms with E-state index in [-0.39, 0.29) is 12.1 Å². The Labute approximate surface area is 126 Å². The molecule has 0 fully saturated rings. The molecule has 0 radical (unpaired) electrons. The van der Waals surface area contributed by atoms with Crippen molar-refractivity contribution >= 4 is 12.0 Å². The molecule has 1 aromatic rings. The van der Waals surface area contributed by atoms with Gasteiger partial charge in [0.2, 0.25) is 0 Å². The number of benzene rings is 1. The monoisotopic (exact) mass is 286 g/mol. The Hall–Kier alpha value is -2.07. The highest BCUT2D eigenvalue weighted by molar-refractivity contribution is 5.84. The average Bonchev–Trinajstić information content (AvgIpc) is 2.96. The van der Waals surface area contributed by atoms with Crippen LogP contribution in [0.25, 0.3) is 0 Å². The Morgan fingerprint density at radius 3 is 2.81 bits per heavy atom. The highest BCUT2D eigenvalue weighted by Crippen LogP contribution is 2.32. The van der Waals surface area contributed by atoms with Crippen LogP contribution in [0.15, 0.2) is 54.1 Å². The van der Waals surface area contributed by atoms with Crippen molar-refractivity contribution in [2.45, 2.75) is 18.9 Å². The molecule has 1 aromatic carbocycles. The van der Waals surface area contributed by atoms with Crippen LogP contribution in [0.3, 0.4) is 0 Å². The first kappa shape index (κ1) is 15.3. The molecule has 0 aromatic heterocycles. The maximum absolute atomic E-state index is 8.77. The van der Waals surface area contributed by atoms with Gasteiger partial charge in [0.15, 0.2) is 0 Å². The molecular formula is C17H22N2O2. The molecular weight excluding hydrogens is 264 g/mol. The van der Waals surface area contributed by atoms with Gasteiger partial charge >= 0.3 is 0 Å². The fraction of sp³-hybridized carbons (Fsp3) is 0.353. The van der Waals surface area contributed by atoms with Crippen LogP contribution in [0.2, 0.25) is 0 Å². The van der Waals surface area contributed by atoms with Crippen LogP contribution < -0.4 is 9.64 Å². The van der Waals surface area contributed by atoms with Crippen LogP contribution >= 0.6 is 0 Å². The Morgan fingerprint density at radius 2 is 2.19 bits per heavy atom. The van der Waals surface area contributed by atoms with Crippen molar-refractivity contribution in [1.82, 2.24) is 0 Å². The van der Waals surface area contributed by atoms with Gasteiger partial charge < -0.3 is 14.7 Å². The summed E-state index contributed by atoms with van der Waals surface area (Å²) in [5.74, 6) is 0.751. The Bertz CT molecular complexity index is 522. The number of aliphatic hydroxyl groups is 1. The molecule has 1 N–H and O–H groups in total. The number of anilines is 1. The SMILES string of the molecule is C=C[C@]1(C/C=C\C)CN=CN1c1ccc(OCCO)cc1. The van der Waals surface area contributed by atoms with Crippen LogP contribution in [0.4, 0.5) is 5.69 Å². The second-order valence-corrected chi connectivity index (χ2v) is 4.97. The molecule has 0 aliphatic carbocycles. The molecule has 0 saturated heterocycles. The number of hydrogen-bond donors (Lipinski definition) is 1. The van der Waals surface area contributed by atoms with Crippen LogP contribution in [0.1, 0.15) is 13.3 Å². The molecule has 4 nitrogen and oxygen atoms in total. The molecule has 2 rings (SSSR count). The quantitative estimate of drug-likeness (QED) is 0.784. The third-order valence-corrected chi connectivity index (χ3v) is 3.60. The normalized spacial score (nSPS) is 21.1. The molecule has 0 amide bonds. The van der Waals surface area contributed by atoms with E-state index >= 15 is 0 Å². The van der Waals surface area contributed by atoms with Crippen LogP contribution in [-0.2, 0) is 0 Å². The van der Waals surface area contributed by atoms with Crippen molar-refractivity contribution < 1.29 is 9.84 Å². The van der Waals surface area contributed by atoms with E-state index < -0.39 is 0 Å². The van der Waals surface area contributed by atoms with E-state index in [4.69, 9.17) is 9.84 Å². The van der Waals surface area contributed by atoms with E-state index in [2.05, 4.69) is 22.5 Å². The Morgan fingerprint density at radius 1 is 1.43 bits per heavy atom. The maximum Gasteiger partial charge on any atom is 0.119 e. The topological polar surface area (TPSA) is 45.1 Å². The lowest BCUT2D eigenvalue weighted by atomic mass is 9.93. The first-order chi connectivity index (χ1) is 10.3.